The van der Waals surface area contributed by atoms with E-state index in [9.17, 15) is 23.5 Å². The number of halogens is 2. The highest BCUT2D eigenvalue weighted by Gasteiger charge is 2.18. The molecule has 3 N–H and O–H groups in total. The van der Waals surface area contributed by atoms with Crippen LogP contribution >= 0.6 is 0 Å². The van der Waals surface area contributed by atoms with Crippen molar-refractivity contribution < 1.29 is 23.5 Å². The average molecular weight is 314 g/mol. The molecule has 7 heteroatoms. The van der Waals surface area contributed by atoms with Crippen LogP contribution in [-0.4, -0.2) is 30.0 Å². The highest BCUT2D eigenvalue weighted by molar-refractivity contribution is 5.78. The number of carbonyl (C=O) groups is 2. The number of amides is 2. The first-order chi connectivity index (χ1) is 10.5. The Morgan fingerprint density at radius 1 is 1.14 bits per heavy atom. The summed E-state index contributed by atoms with van der Waals surface area (Å²) in [6, 6.07) is 3.27. The Bertz CT molecular complexity index is 503. The van der Waals surface area contributed by atoms with Crippen molar-refractivity contribution >= 4 is 11.8 Å². The Kier molecular flexibility index (Phi) is 7.45. The van der Waals surface area contributed by atoms with Gasteiger partial charge in [-0.3, -0.25) is 9.59 Å². The second-order valence-corrected chi connectivity index (χ2v) is 4.76. The van der Waals surface area contributed by atoms with E-state index in [1.165, 1.54) is 6.07 Å². The molecule has 0 saturated carbocycles. The van der Waals surface area contributed by atoms with Crippen molar-refractivity contribution in [3.63, 3.8) is 0 Å². The maximum absolute atomic E-state index is 13.4. The first-order valence-corrected chi connectivity index (χ1v) is 7.11. The first-order valence-electron chi connectivity index (χ1n) is 7.11. The third-order valence-corrected chi connectivity index (χ3v) is 3.01. The molecule has 0 aliphatic rings. The quantitative estimate of drug-likeness (QED) is 0.679. The summed E-state index contributed by atoms with van der Waals surface area (Å²) >= 11 is 0. The number of aliphatic hydroxyl groups excluding tert-OH is 1. The van der Waals surface area contributed by atoms with Crippen LogP contribution in [0.25, 0.3) is 0 Å². The predicted octanol–water partition coefficient (Wildman–Crippen LogP) is 1.42. The molecule has 1 rings (SSSR count). The summed E-state index contributed by atoms with van der Waals surface area (Å²) in [5.74, 6) is -2.25. The lowest BCUT2D eigenvalue weighted by Crippen LogP contribution is -2.29. The summed E-state index contributed by atoms with van der Waals surface area (Å²) in [6.45, 7) is 2.04. The first kappa shape index (κ1) is 18.0. The van der Waals surface area contributed by atoms with Crippen molar-refractivity contribution in [3.05, 3.63) is 35.4 Å². The van der Waals surface area contributed by atoms with Gasteiger partial charge in [0, 0.05) is 25.9 Å². The van der Waals surface area contributed by atoms with E-state index in [2.05, 4.69) is 10.6 Å². The molecule has 0 heterocycles. The Morgan fingerprint density at radius 2 is 1.68 bits per heavy atom. The zero-order chi connectivity index (χ0) is 16.5. The van der Waals surface area contributed by atoms with Gasteiger partial charge in [0.25, 0.3) is 0 Å². The summed E-state index contributed by atoms with van der Waals surface area (Å²) in [7, 11) is 0. The van der Waals surface area contributed by atoms with Crippen LogP contribution in [-0.2, 0) is 9.59 Å². The number of aliphatic hydroxyl groups is 1. The van der Waals surface area contributed by atoms with E-state index in [1.807, 2.05) is 0 Å². The molecule has 0 spiro atoms. The van der Waals surface area contributed by atoms with Crippen molar-refractivity contribution in [2.45, 2.75) is 32.3 Å². The van der Waals surface area contributed by atoms with Crippen LogP contribution in [0, 0.1) is 11.6 Å². The fourth-order valence-corrected chi connectivity index (χ4v) is 1.93. The van der Waals surface area contributed by atoms with Gasteiger partial charge in [-0.05, 0) is 25.5 Å². The Labute approximate surface area is 127 Å². The van der Waals surface area contributed by atoms with E-state index in [0.29, 0.717) is 13.0 Å². The molecule has 1 aromatic rings. The van der Waals surface area contributed by atoms with E-state index in [0.717, 1.165) is 12.1 Å². The minimum absolute atomic E-state index is 0.101. The number of rotatable bonds is 8. The van der Waals surface area contributed by atoms with Crippen molar-refractivity contribution in [3.8, 4) is 0 Å². The molecule has 0 saturated heterocycles. The lowest BCUT2D eigenvalue weighted by Gasteiger charge is -2.13. The zero-order valence-electron chi connectivity index (χ0n) is 12.4. The minimum atomic E-state index is -1.46. The van der Waals surface area contributed by atoms with E-state index < -0.39 is 23.3 Å². The molecular formula is C15H20F2N2O3. The fourth-order valence-electron chi connectivity index (χ4n) is 1.93. The molecule has 5 nitrogen and oxygen atoms in total. The van der Waals surface area contributed by atoms with Gasteiger partial charge in [0.1, 0.15) is 17.7 Å². The van der Waals surface area contributed by atoms with E-state index in [4.69, 9.17) is 0 Å². The third kappa shape index (κ3) is 5.77. The van der Waals surface area contributed by atoms with Gasteiger partial charge < -0.3 is 15.7 Å². The fraction of sp³-hybridized carbons (Fsp3) is 0.467. The van der Waals surface area contributed by atoms with Gasteiger partial charge in [-0.15, -0.1) is 0 Å². The molecule has 0 aliphatic carbocycles. The van der Waals surface area contributed by atoms with Crippen LogP contribution < -0.4 is 10.6 Å². The second-order valence-electron chi connectivity index (χ2n) is 4.76. The molecule has 0 fully saturated rings. The Morgan fingerprint density at radius 3 is 2.23 bits per heavy atom. The topological polar surface area (TPSA) is 78.4 Å². The van der Waals surface area contributed by atoms with Gasteiger partial charge in [-0.25, -0.2) is 8.78 Å². The minimum Gasteiger partial charge on any atom is -0.386 e. The van der Waals surface area contributed by atoms with Gasteiger partial charge in [0.2, 0.25) is 11.8 Å². The van der Waals surface area contributed by atoms with Gasteiger partial charge in [0.05, 0.1) is 5.56 Å². The van der Waals surface area contributed by atoms with E-state index >= 15 is 0 Å². The predicted molar refractivity (Wildman–Crippen MR) is 76.9 cm³/mol. The average Bonchev–Trinajstić information content (AvgIpc) is 2.45. The van der Waals surface area contributed by atoms with Gasteiger partial charge in [0.15, 0.2) is 0 Å². The maximum Gasteiger partial charge on any atom is 0.220 e. The Hall–Kier alpha value is -2.02. The summed E-state index contributed by atoms with van der Waals surface area (Å²) < 4.78 is 26.9. The van der Waals surface area contributed by atoms with Crippen molar-refractivity contribution in [1.82, 2.24) is 10.6 Å². The molecule has 0 aromatic heterocycles. The lowest BCUT2D eigenvalue weighted by molar-refractivity contribution is -0.122. The van der Waals surface area contributed by atoms with Crippen LogP contribution in [0.5, 0.6) is 0 Å². The number of carbonyl (C=O) groups excluding carboxylic acids is 2. The van der Waals surface area contributed by atoms with Crippen molar-refractivity contribution in [1.29, 1.82) is 0 Å². The molecule has 122 valence electrons. The number of hydrogen-bond donors (Lipinski definition) is 3. The van der Waals surface area contributed by atoms with Crippen molar-refractivity contribution in [2.24, 2.45) is 0 Å². The molecule has 22 heavy (non-hydrogen) atoms. The zero-order valence-corrected chi connectivity index (χ0v) is 12.4. The van der Waals surface area contributed by atoms with Crippen LogP contribution in [0.3, 0.4) is 0 Å². The summed E-state index contributed by atoms with van der Waals surface area (Å²) in [5, 5.41) is 14.8. The van der Waals surface area contributed by atoms with E-state index in [-0.39, 0.29) is 31.2 Å². The van der Waals surface area contributed by atoms with Crippen LogP contribution in [0.1, 0.15) is 37.9 Å². The summed E-state index contributed by atoms with van der Waals surface area (Å²) in [6.07, 6.45) is -0.773. The van der Waals surface area contributed by atoms with Crippen LogP contribution in [0.2, 0.25) is 0 Å². The second kappa shape index (κ2) is 9.09. The third-order valence-electron chi connectivity index (χ3n) is 3.01. The lowest BCUT2D eigenvalue weighted by atomic mass is 10.1. The monoisotopic (exact) mass is 314 g/mol. The Balaban J connectivity index is 2.36. The molecule has 0 bridgehead atoms. The molecule has 0 radical (unpaired) electrons. The number of hydrogen-bond acceptors (Lipinski definition) is 3. The molecule has 1 aromatic carbocycles. The molecule has 1 atom stereocenters. The molecule has 2 amide bonds. The molecule has 0 aliphatic heterocycles. The standard InChI is InChI=1S/C15H20F2N2O3/c1-2-18-13(21)7-4-8-14(22)19-9-12(20)15-10(16)5-3-6-11(15)17/h3,5-6,12,20H,2,4,7-9H2,1H3,(H,18,21)(H,19,22). The highest BCUT2D eigenvalue weighted by atomic mass is 19.1. The largest absolute Gasteiger partial charge is 0.386 e. The van der Waals surface area contributed by atoms with Gasteiger partial charge in [-0.2, -0.15) is 0 Å². The number of benzene rings is 1. The number of nitrogens with one attached hydrogen (secondary N) is 2. The van der Waals surface area contributed by atoms with Crippen LogP contribution in [0.4, 0.5) is 8.78 Å². The molecular weight excluding hydrogens is 294 g/mol. The maximum atomic E-state index is 13.4. The normalized spacial score (nSPS) is 11.8. The van der Waals surface area contributed by atoms with Gasteiger partial charge >= 0.3 is 0 Å². The van der Waals surface area contributed by atoms with Gasteiger partial charge in [-0.1, -0.05) is 6.07 Å². The van der Waals surface area contributed by atoms with Crippen molar-refractivity contribution in [2.75, 3.05) is 13.1 Å². The van der Waals surface area contributed by atoms with Crippen LogP contribution in [0.15, 0.2) is 18.2 Å². The van der Waals surface area contributed by atoms with E-state index in [1.54, 1.807) is 6.92 Å². The smallest absolute Gasteiger partial charge is 0.220 e. The summed E-state index contributed by atoms with van der Waals surface area (Å²) in [5.41, 5.74) is -0.467. The SMILES string of the molecule is CCNC(=O)CCCC(=O)NCC(O)c1c(F)cccc1F. The molecule has 1 unspecified atom stereocenters. The summed E-state index contributed by atoms with van der Waals surface area (Å²) in [4.78, 5) is 22.7. The highest BCUT2D eigenvalue weighted by Crippen LogP contribution is 2.19.